The third-order valence-corrected chi connectivity index (χ3v) is 7.13. The van der Waals surface area contributed by atoms with E-state index < -0.39 is 0 Å². The highest BCUT2D eigenvalue weighted by molar-refractivity contribution is 5.93. The van der Waals surface area contributed by atoms with Crippen molar-refractivity contribution < 1.29 is 13.9 Å². The van der Waals surface area contributed by atoms with Gasteiger partial charge in [-0.1, -0.05) is 6.92 Å². The van der Waals surface area contributed by atoms with E-state index in [1.165, 1.54) is 6.07 Å². The van der Waals surface area contributed by atoms with Crippen molar-refractivity contribution in [3.8, 4) is 22.9 Å². The Labute approximate surface area is 228 Å². The number of nitrogens with zero attached hydrogens (tertiary/aromatic N) is 6. The Kier molecular flexibility index (Phi) is 7.48. The second-order valence-corrected chi connectivity index (χ2v) is 10.8. The summed E-state index contributed by atoms with van der Waals surface area (Å²) in [6.07, 6.45) is 6.55. The van der Waals surface area contributed by atoms with E-state index in [-0.39, 0.29) is 24.0 Å². The standard InChI is InChI=1S/C29H38FN7O2/c1-8-11-37-27-15-36(17(2)3)19(6)16-38-29-23(14-31-35(29)7)21-12-22-25(32-33-26(22)13-24(21)30)10-9-20(27)28(34-37)39-18(4)5/h9-10,12-14,17-19H,8,11,15-16H2,1-7H3,(H,32,33)/b10-9+. The third kappa shape index (κ3) is 5.17. The predicted molar refractivity (Wildman–Crippen MR) is 151 cm³/mol. The normalized spacial score (nSPS) is 17.2. The molecule has 0 amide bonds. The Bertz CT molecular complexity index is 1500. The summed E-state index contributed by atoms with van der Waals surface area (Å²) in [6.45, 7) is 14.5. The van der Waals surface area contributed by atoms with Crippen LogP contribution in [-0.4, -0.2) is 59.5 Å². The molecule has 208 valence electrons. The molecule has 3 aromatic heterocycles. The summed E-state index contributed by atoms with van der Waals surface area (Å²) in [4.78, 5) is 2.39. The van der Waals surface area contributed by atoms with Gasteiger partial charge in [0.05, 0.1) is 40.3 Å². The van der Waals surface area contributed by atoms with Gasteiger partial charge >= 0.3 is 0 Å². The number of aromatic nitrogens is 6. The minimum Gasteiger partial charge on any atom is -0.476 e. The summed E-state index contributed by atoms with van der Waals surface area (Å²) in [5.74, 6) is 0.770. The molecule has 0 saturated heterocycles. The zero-order valence-electron chi connectivity index (χ0n) is 23.8. The van der Waals surface area contributed by atoms with Gasteiger partial charge in [-0.25, -0.2) is 9.07 Å². The van der Waals surface area contributed by atoms with Gasteiger partial charge < -0.3 is 9.47 Å². The second kappa shape index (κ2) is 10.8. The molecule has 4 aromatic rings. The van der Waals surface area contributed by atoms with Crippen LogP contribution in [0.15, 0.2) is 18.3 Å². The van der Waals surface area contributed by atoms with E-state index in [1.54, 1.807) is 10.9 Å². The maximum Gasteiger partial charge on any atom is 0.240 e. The maximum atomic E-state index is 15.4. The molecular weight excluding hydrogens is 497 g/mol. The fraction of sp³-hybridized carbons (Fsp3) is 0.483. The quantitative estimate of drug-likeness (QED) is 0.355. The Balaban J connectivity index is 1.74. The average molecular weight is 536 g/mol. The highest BCUT2D eigenvalue weighted by atomic mass is 19.1. The second-order valence-electron chi connectivity index (χ2n) is 10.8. The molecule has 0 radical (unpaired) electrons. The Morgan fingerprint density at radius 1 is 1.18 bits per heavy atom. The molecule has 1 aliphatic rings. The molecular formula is C29H38FN7O2. The van der Waals surface area contributed by atoms with Gasteiger partial charge in [-0.05, 0) is 59.3 Å². The summed E-state index contributed by atoms with van der Waals surface area (Å²) >= 11 is 0. The van der Waals surface area contributed by atoms with Crippen molar-refractivity contribution in [3.63, 3.8) is 0 Å². The van der Waals surface area contributed by atoms with Crippen LogP contribution in [0.3, 0.4) is 0 Å². The minimum atomic E-state index is -0.364. The summed E-state index contributed by atoms with van der Waals surface area (Å²) in [6, 6.07) is 3.58. The Hall–Kier alpha value is -3.66. The van der Waals surface area contributed by atoms with Crippen molar-refractivity contribution in [3.05, 3.63) is 41.1 Å². The van der Waals surface area contributed by atoms with Crippen LogP contribution in [0.2, 0.25) is 0 Å². The van der Waals surface area contributed by atoms with Gasteiger partial charge in [0, 0.05) is 49.2 Å². The van der Waals surface area contributed by atoms with Crippen molar-refractivity contribution in [1.29, 1.82) is 0 Å². The van der Waals surface area contributed by atoms with E-state index in [4.69, 9.17) is 14.6 Å². The molecule has 4 heterocycles. The summed E-state index contributed by atoms with van der Waals surface area (Å²) in [7, 11) is 1.81. The SMILES string of the molecule is CCCn1nc(OC(C)C)c2c1CN(C(C)C)C(C)COc1c(cnn1C)-c1cc3c(n[nH]c3cc1F)/C=C/2. The lowest BCUT2D eigenvalue weighted by molar-refractivity contribution is 0.102. The van der Waals surface area contributed by atoms with Gasteiger partial charge in [-0.2, -0.15) is 10.2 Å². The smallest absolute Gasteiger partial charge is 0.240 e. The summed E-state index contributed by atoms with van der Waals surface area (Å²) in [5.41, 5.74) is 4.35. The van der Waals surface area contributed by atoms with Crippen LogP contribution >= 0.6 is 0 Å². The maximum absolute atomic E-state index is 15.4. The lowest BCUT2D eigenvalue weighted by Gasteiger charge is -2.33. The van der Waals surface area contributed by atoms with Gasteiger partial charge in [-0.15, -0.1) is 5.10 Å². The molecule has 1 N–H and O–H groups in total. The zero-order chi connectivity index (χ0) is 27.8. The average Bonchev–Trinajstić information content (AvgIpc) is 3.53. The van der Waals surface area contributed by atoms with E-state index in [9.17, 15) is 0 Å². The number of aryl methyl sites for hydroxylation is 2. The van der Waals surface area contributed by atoms with E-state index in [1.807, 2.05) is 39.1 Å². The zero-order valence-corrected chi connectivity index (χ0v) is 23.8. The van der Waals surface area contributed by atoms with E-state index in [0.717, 1.165) is 29.6 Å². The lowest BCUT2D eigenvalue weighted by Crippen LogP contribution is -2.42. The first-order valence-corrected chi connectivity index (χ1v) is 13.7. The number of hydrogen-bond acceptors (Lipinski definition) is 6. The van der Waals surface area contributed by atoms with Crippen LogP contribution in [0.4, 0.5) is 4.39 Å². The van der Waals surface area contributed by atoms with Gasteiger partial charge in [0.2, 0.25) is 11.8 Å². The number of H-pyrrole nitrogens is 1. The monoisotopic (exact) mass is 535 g/mol. The van der Waals surface area contributed by atoms with Gasteiger partial charge in [0.15, 0.2) is 0 Å². The predicted octanol–water partition coefficient (Wildman–Crippen LogP) is 5.66. The topological polar surface area (TPSA) is 86.0 Å². The third-order valence-electron chi connectivity index (χ3n) is 7.13. The number of benzene rings is 1. The lowest BCUT2D eigenvalue weighted by atomic mass is 10.0. The number of halogens is 1. The molecule has 10 heteroatoms. The van der Waals surface area contributed by atoms with Crippen molar-refractivity contribution in [2.24, 2.45) is 7.05 Å². The molecule has 2 bridgehead atoms. The number of fused-ring (bicyclic) bond motifs is 4. The van der Waals surface area contributed by atoms with Crippen molar-refractivity contribution >= 4 is 23.1 Å². The van der Waals surface area contributed by atoms with Crippen molar-refractivity contribution in [2.75, 3.05) is 6.61 Å². The number of rotatable bonds is 5. The Morgan fingerprint density at radius 3 is 2.69 bits per heavy atom. The molecule has 0 spiro atoms. The van der Waals surface area contributed by atoms with Crippen molar-refractivity contribution in [1.82, 2.24) is 34.7 Å². The van der Waals surface area contributed by atoms with Crippen LogP contribution in [0.5, 0.6) is 11.8 Å². The molecule has 9 nitrogen and oxygen atoms in total. The molecule has 5 rings (SSSR count). The number of hydrogen-bond donors (Lipinski definition) is 1. The number of nitrogens with one attached hydrogen (secondary N) is 1. The first-order chi connectivity index (χ1) is 18.7. The Morgan fingerprint density at radius 2 is 1.97 bits per heavy atom. The van der Waals surface area contributed by atoms with Gasteiger partial charge in [0.1, 0.15) is 12.4 Å². The molecule has 1 atom stereocenters. The van der Waals surface area contributed by atoms with E-state index in [0.29, 0.717) is 47.2 Å². The van der Waals surface area contributed by atoms with Gasteiger partial charge in [0.25, 0.3) is 0 Å². The molecule has 0 aliphatic carbocycles. The summed E-state index contributed by atoms with van der Waals surface area (Å²) in [5, 5.41) is 17.6. The fourth-order valence-corrected chi connectivity index (χ4v) is 5.18. The van der Waals surface area contributed by atoms with Crippen LogP contribution in [0.1, 0.15) is 64.9 Å². The van der Waals surface area contributed by atoms with Crippen LogP contribution in [-0.2, 0) is 20.1 Å². The minimum absolute atomic E-state index is 0.0264. The fourth-order valence-electron chi connectivity index (χ4n) is 5.18. The van der Waals surface area contributed by atoms with Crippen LogP contribution in [0, 0.1) is 5.82 Å². The van der Waals surface area contributed by atoms with E-state index >= 15 is 4.39 Å². The number of aromatic amines is 1. The number of ether oxygens (including phenoxy) is 2. The molecule has 1 unspecified atom stereocenters. The van der Waals surface area contributed by atoms with Crippen LogP contribution in [0.25, 0.3) is 34.2 Å². The molecule has 39 heavy (non-hydrogen) atoms. The highest BCUT2D eigenvalue weighted by Gasteiger charge is 2.26. The molecule has 1 aliphatic heterocycles. The summed E-state index contributed by atoms with van der Waals surface area (Å²) < 4.78 is 31.6. The molecule has 1 aromatic carbocycles. The molecule has 0 fully saturated rings. The van der Waals surface area contributed by atoms with Crippen molar-refractivity contribution in [2.45, 2.75) is 79.2 Å². The van der Waals surface area contributed by atoms with Crippen LogP contribution < -0.4 is 9.47 Å². The molecule has 0 saturated carbocycles. The van der Waals surface area contributed by atoms with E-state index in [2.05, 4.69) is 52.6 Å². The highest BCUT2D eigenvalue weighted by Crippen LogP contribution is 2.36. The first kappa shape index (κ1) is 26.9. The first-order valence-electron chi connectivity index (χ1n) is 13.7. The van der Waals surface area contributed by atoms with Gasteiger partial charge in [-0.3, -0.25) is 14.7 Å². The largest absolute Gasteiger partial charge is 0.476 e.